The molecule has 0 unspecified atom stereocenters. The number of halogens is 2. The summed E-state index contributed by atoms with van der Waals surface area (Å²) in [6.45, 7) is 4.77. The fraction of sp³-hybridized carbons (Fsp3) is 0.250. The molecule has 1 aliphatic heterocycles. The Bertz CT molecular complexity index is 1060. The fourth-order valence-corrected chi connectivity index (χ4v) is 3.55. The molecular formula is C24H25F2N5O2. The van der Waals surface area contributed by atoms with Crippen LogP contribution < -0.4 is 5.32 Å². The van der Waals surface area contributed by atoms with Gasteiger partial charge in [0.1, 0.15) is 11.6 Å². The zero-order valence-corrected chi connectivity index (χ0v) is 18.2. The minimum Gasteiger partial charge on any atom is -0.338 e. The number of amides is 3. The normalized spacial score (nSPS) is 14.2. The van der Waals surface area contributed by atoms with Gasteiger partial charge in [0.2, 0.25) is 0 Å². The lowest BCUT2D eigenvalue weighted by molar-refractivity contribution is 0.0668. The maximum Gasteiger partial charge on any atom is 0.321 e. The van der Waals surface area contributed by atoms with E-state index in [1.807, 2.05) is 18.2 Å². The molecule has 2 N–H and O–H groups in total. The summed E-state index contributed by atoms with van der Waals surface area (Å²) in [6, 6.07) is 11.3. The Labute approximate surface area is 190 Å². The molecule has 3 amide bonds. The van der Waals surface area contributed by atoms with Crippen molar-refractivity contribution < 1.29 is 18.4 Å². The summed E-state index contributed by atoms with van der Waals surface area (Å²) < 4.78 is 26.6. The summed E-state index contributed by atoms with van der Waals surface area (Å²) in [6.07, 6.45) is 2.43. The summed E-state index contributed by atoms with van der Waals surface area (Å²) in [4.78, 5) is 32.3. The quantitative estimate of drug-likeness (QED) is 0.533. The second-order valence-electron chi connectivity index (χ2n) is 7.72. The van der Waals surface area contributed by atoms with Gasteiger partial charge >= 0.3 is 6.03 Å². The van der Waals surface area contributed by atoms with Crippen molar-refractivity contribution in [2.75, 3.05) is 20.1 Å². The highest BCUT2D eigenvalue weighted by atomic mass is 19.1. The minimum atomic E-state index is -0.810. The minimum absolute atomic E-state index is 0.0219. The zero-order valence-electron chi connectivity index (χ0n) is 18.2. The lowest BCUT2D eigenvalue weighted by Crippen LogP contribution is -2.49. The second-order valence-corrected chi connectivity index (χ2v) is 7.72. The molecule has 3 rings (SSSR count). The fourth-order valence-electron chi connectivity index (χ4n) is 3.55. The second kappa shape index (κ2) is 10.6. The standard InChI is InChI=1S/C24H25F2N5O2/c1-16(15-28-22(27)18-12-19(25)14-20(26)13-18)29-24(33)30(2)21-8-10-31(11-9-21)23(32)17-6-4-3-5-7-17/h3-7,12-15,21,27H,1,8-11H2,2H3,(H,29,33). The average Bonchev–Trinajstić information content (AvgIpc) is 2.81. The first-order valence-electron chi connectivity index (χ1n) is 10.4. The van der Waals surface area contributed by atoms with Gasteiger partial charge in [-0.25, -0.2) is 18.6 Å². The number of allylic oxidation sites excluding steroid dienone is 1. The number of carbonyl (C=O) groups excluding carboxylic acids is 2. The lowest BCUT2D eigenvalue weighted by Gasteiger charge is -2.36. The van der Waals surface area contributed by atoms with E-state index >= 15 is 0 Å². The number of benzene rings is 2. The van der Waals surface area contributed by atoms with Crippen LogP contribution in [0.3, 0.4) is 0 Å². The third-order valence-corrected chi connectivity index (χ3v) is 5.39. The van der Waals surface area contributed by atoms with Crippen LogP contribution >= 0.6 is 0 Å². The number of carbonyl (C=O) groups is 2. The monoisotopic (exact) mass is 453 g/mol. The van der Waals surface area contributed by atoms with Crippen molar-refractivity contribution in [3.05, 3.63) is 83.6 Å². The smallest absolute Gasteiger partial charge is 0.321 e. The maximum absolute atomic E-state index is 13.3. The molecule has 33 heavy (non-hydrogen) atoms. The molecule has 0 spiro atoms. The molecule has 2 aromatic carbocycles. The van der Waals surface area contributed by atoms with E-state index in [0.29, 0.717) is 37.6 Å². The molecule has 1 heterocycles. The molecule has 1 fully saturated rings. The number of rotatable bonds is 5. The molecule has 0 aliphatic carbocycles. The van der Waals surface area contributed by atoms with Gasteiger partial charge in [0.15, 0.2) is 5.84 Å². The lowest BCUT2D eigenvalue weighted by atomic mass is 10.0. The third kappa shape index (κ3) is 6.31. The largest absolute Gasteiger partial charge is 0.338 e. The van der Waals surface area contributed by atoms with E-state index < -0.39 is 17.7 Å². The number of amidine groups is 1. The number of aliphatic imine (C=N–C) groups is 1. The van der Waals surface area contributed by atoms with E-state index in [1.54, 1.807) is 29.0 Å². The highest BCUT2D eigenvalue weighted by molar-refractivity contribution is 6.03. The number of likely N-dealkylation sites (tertiary alicyclic amines) is 1. The molecule has 0 atom stereocenters. The van der Waals surface area contributed by atoms with Crippen molar-refractivity contribution in [2.45, 2.75) is 18.9 Å². The SMILES string of the molecule is C=C(C=NC(=N)c1cc(F)cc(F)c1)NC(=O)N(C)C1CCN(C(=O)c2ccccc2)CC1. The van der Waals surface area contributed by atoms with Crippen LogP contribution in [0.4, 0.5) is 13.6 Å². The van der Waals surface area contributed by atoms with Gasteiger partial charge in [-0.15, -0.1) is 0 Å². The first kappa shape index (κ1) is 23.8. The van der Waals surface area contributed by atoms with Gasteiger partial charge in [-0.2, -0.15) is 0 Å². The Morgan fingerprint density at radius 2 is 1.73 bits per heavy atom. The van der Waals surface area contributed by atoms with Gasteiger partial charge in [0.25, 0.3) is 5.91 Å². The van der Waals surface area contributed by atoms with E-state index in [-0.39, 0.29) is 29.0 Å². The molecule has 172 valence electrons. The summed E-state index contributed by atoms with van der Waals surface area (Å²) >= 11 is 0. The molecule has 0 bridgehead atoms. The van der Waals surface area contributed by atoms with Crippen LogP contribution in [-0.4, -0.2) is 60.0 Å². The van der Waals surface area contributed by atoms with Crippen LogP contribution in [0.5, 0.6) is 0 Å². The van der Waals surface area contributed by atoms with Crippen molar-refractivity contribution >= 4 is 24.0 Å². The number of hydrogen-bond acceptors (Lipinski definition) is 3. The highest BCUT2D eigenvalue weighted by Gasteiger charge is 2.28. The molecule has 2 aromatic rings. The molecule has 0 aromatic heterocycles. The third-order valence-electron chi connectivity index (χ3n) is 5.39. The Morgan fingerprint density at radius 3 is 2.33 bits per heavy atom. The topological polar surface area (TPSA) is 88.9 Å². The molecule has 1 aliphatic rings. The van der Waals surface area contributed by atoms with E-state index in [0.717, 1.165) is 18.3 Å². The van der Waals surface area contributed by atoms with Crippen molar-refractivity contribution in [1.29, 1.82) is 5.41 Å². The number of piperidine rings is 1. The van der Waals surface area contributed by atoms with Gasteiger partial charge in [-0.05, 0) is 37.1 Å². The first-order valence-corrected chi connectivity index (χ1v) is 10.4. The first-order chi connectivity index (χ1) is 15.7. The van der Waals surface area contributed by atoms with Crippen LogP contribution in [-0.2, 0) is 0 Å². The van der Waals surface area contributed by atoms with Crippen LogP contribution in [0.1, 0.15) is 28.8 Å². The van der Waals surface area contributed by atoms with Crippen LogP contribution in [0.15, 0.2) is 65.8 Å². The Hall–Kier alpha value is -3.88. The van der Waals surface area contributed by atoms with Crippen LogP contribution in [0.2, 0.25) is 0 Å². The van der Waals surface area contributed by atoms with Crippen molar-refractivity contribution in [3.8, 4) is 0 Å². The number of nitrogens with zero attached hydrogens (tertiary/aromatic N) is 3. The van der Waals surface area contributed by atoms with Crippen LogP contribution in [0.25, 0.3) is 0 Å². The molecule has 9 heteroatoms. The van der Waals surface area contributed by atoms with Gasteiger partial charge in [-0.3, -0.25) is 10.2 Å². The molecule has 1 saturated heterocycles. The van der Waals surface area contributed by atoms with Gasteiger partial charge in [0, 0.05) is 43.4 Å². The van der Waals surface area contributed by atoms with Crippen molar-refractivity contribution in [1.82, 2.24) is 15.1 Å². The Kier molecular flexibility index (Phi) is 7.66. The number of hydrogen-bond donors (Lipinski definition) is 2. The molecule has 0 saturated carbocycles. The molecule has 0 radical (unpaired) electrons. The predicted octanol–water partition coefficient (Wildman–Crippen LogP) is 3.82. The summed E-state index contributed by atoms with van der Waals surface area (Å²) in [5, 5.41) is 10.4. The number of nitrogens with one attached hydrogen (secondary N) is 2. The van der Waals surface area contributed by atoms with E-state index in [4.69, 9.17) is 5.41 Å². The van der Waals surface area contributed by atoms with Crippen molar-refractivity contribution in [2.24, 2.45) is 4.99 Å². The average molecular weight is 453 g/mol. The van der Waals surface area contributed by atoms with Gasteiger partial charge in [-0.1, -0.05) is 24.8 Å². The Balaban J connectivity index is 1.49. The predicted molar refractivity (Wildman–Crippen MR) is 122 cm³/mol. The summed E-state index contributed by atoms with van der Waals surface area (Å²) in [7, 11) is 1.66. The highest BCUT2D eigenvalue weighted by Crippen LogP contribution is 2.18. The Morgan fingerprint density at radius 1 is 1.12 bits per heavy atom. The molecule has 7 nitrogen and oxygen atoms in total. The molecular weight excluding hydrogens is 428 g/mol. The van der Waals surface area contributed by atoms with E-state index in [9.17, 15) is 18.4 Å². The zero-order chi connectivity index (χ0) is 24.0. The van der Waals surface area contributed by atoms with E-state index in [2.05, 4.69) is 16.9 Å². The maximum atomic E-state index is 13.3. The van der Waals surface area contributed by atoms with Gasteiger partial charge < -0.3 is 15.1 Å². The summed E-state index contributed by atoms with van der Waals surface area (Å²) in [5.74, 6) is -2.01. The van der Waals surface area contributed by atoms with Crippen LogP contribution in [0, 0.1) is 17.0 Å². The summed E-state index contributed by atoms with van der Waals surface area (Å²) in [5.41, 5.74) is 0.742. The van der Waals surface area contributed by atoms with Gasteiger partial charge in [0.05, 0.1) is 11.9 Å². The van der Waals surface area contributed by atoms with Crippen molar-refractivity contribution in [3.63, 3.8) is 0 Å². The van der Waals surface area contributed by atoms with E-state index in [1.165, 1.54) is 0 Å². The number of urea groups is 1.